The Morgan fingerprint density at radius 1 is 1.23 bits per heavy atom. The summed E-state index contributed by atoms with van der Waals surface area (Å²) in [6.45, 7) is 2.03. The lowest BCUT2D eigenvalue weighted by molar-refractivity contribution is -0.127. The number of nitrogens with zero attached hydrogens (tertiary/aromatic N) is 2. The SMILES string of the molecule is CN(C)C(=O)CNC(=NCc1ccc(S(N)(=O)=O)cc1)NCCCC1CCCCO1.I. The summed E-state index contributed by atoms with van der Waals surface area (Å²) in [7, 11) is -0.315. The topological polar surface area (TPSA) is 126 Å². The van der Waals surface area contributed by atoms with E-state index in [1.165, 1.54) is 23.5 Å². The van der Waals surface area contributed by atoms with Gasteiger partial charge in [-0.1, -0.05) is 12.1 Å². The number of primary sulfonamides is 1. The van der Waals surface area contributed by atoms with E-state index in [-0.39, 0.29) is 41.3 Å². The molecule has 4 N–H and O–H groups in total. The molecule has 1 amide bonds. The van der Waals surface area contributed by atoms with Crippen molar-refractivity contribution < 1.29 is 17.9 Å². The summed E-state index contributed by atoms with van der Waals surface area (Å²) in [4.78, 5) is 18.0. The fourth-order valence-corrected chi connectivity index (χ4v) is 3.53. The molecule has 1 heterocycles. The van der Waals surface area contributed by atoms with Crippen molar-refractivity contribution in [3.8, 4) is 0 Å². The third-order valence-electron chi connectivity index (χ3n) is 4.85. The molecule has 1 aliphatic heterocycles. The van der Waals surface area contributed by atoms with E-state index < -0.39 is 10.0 Å². The molecule has 0 radical (unpaired) electrons. The number of rotatable bonds is 9. The number of hydrogen-bond donors (Lipinski definition) is 3. The van der Waals surface area contributed by atoms with Gasteiger partial charge in [0.15, 0.2) is 5.96 Å². The number of nitrogens with two attached hydrogens (primary N) is 1. The molecule has 0 saturated carbocycles. The second-order valence-electron chi connectivity index (χ2n) is 7.55. The summed E-state index contributed by atoms with van der Waals surface area (Å²) in [6, 6.07) is 6.26. The number of benzene rings is 1. The second-order valence-corrected chi connectivity index (χ2v) is 9.11. The Labute approximate surface area is 202 Å². The number of aliphatic imine (C=N–C) groups is 1. The molecule has 0 aromatic heterocycles. The smallest absolute Gasteiger partial charge is 0.241 e. The Morgan fingerprint density at radius 3 is 2.52 bits per heavy atom. The van der Waals surface area contributed by atoms with Crippen LogP contribution in [0.25, 0.3) is 0 Å². The van der Waals surface area contributed by atoms with Crippen LogP contribution in [0.15, 0.2) is 34.2 Å². The quantitative estimate of drug-likeness (QED) is 0.180. The molecule has 1 saturated heterocycles. The summed E-state index contributed by atoms with van der Waals surface area (Å²) >= 11 is 0. The van der Waals surface area contributed by atoms with Gasteiger partial charge in [-0.2, -0.15) is 0 Å². The van der Waals surface area contributed by atoms with Crippen molar-refractivity contribution in [3.63, 3.8) is 0 Å². The summed E-state index contributed by atoms with van der Waals surface area (Å²) in [5.41, 5.74) is 0.832. The Morgan fingerprint density at radius 2 is 1.94 bits per heavy atom. The molecule has 1 aliphatic rings. The van der Waals surface area contributed by atoms with E-state index in [1.807, 2.05) is 0 Å². The number of ether oxygens (including phenoxy) is 1. The number of likely N-dealkylation sites (N-methyl/N-ethyl adjacent to an activating group) is 1. The highest BCUT2D eigenvalue weighted by Gasteiger charge is 2.13. The van der Waals surface area contributed by atoms with Crippen LogP contribution in [0.3, 0.4) is 0 Å². The molecule has 9 nitrogen and oxygen atoms in total. The standard InChI is InChI=1S/C20H33N5O4S.HI/c1-25(2)19(26)15-24-20(22-12-5-7-17-6-3-4-13-29-17)23-14-16-8-10-18(11-9-16)30(21,27)28;/h8-11,17H,3-7,12-15H2,1-2H3,(H2,21,27,28)(H2,22,23,24);1H. The van der Waals surface area contributed by atoms with Gasteiger partial charge in [0, 0.05) is 27.2 Å². The van der Waals surface area contributed by atoms with E-state index in [9.17, 15) is 13.2 Å². The normalized spacial score (nSPS) is 16.9. The van der Waals surface area contributed by atoms with Gasteiger partial charge in [0.1, 0.15) is 0 Å². The van der Waals surface area contributed by atoms with Crippen LogP contribution >= 0.6 is 24.0 Å². The van der Waals surface area contributed by atoms with E-state index >= 15 is 0 Å². The molecular formula is C20H34IN5O4S. The molecule has 11 heteroatoms. The minimum Gasteiger partial charge on any atom is -0.378 e. The molecule has 1 fully saturated rings. The molecule has 2 rings (SSSR count). The lowest BCUT2D eigenvalue weighted by Gasteiger charge is -2.22. The van der Waals surface area contributed by atoms with Crippen LogP contribution < -0.4 is 15.8 Å². The fourth-order valence-electron chi connectivity index (χ4n) is 3.02. The van der Waals surface area contributed by atoms with E-state index in [1.54, 1.807) is 26.2 Å². The zero-order chi connectivity index (χ0) is 22.0. The van der Waals surface area contributed by atoms with Crippen molar-refractivity contribution >= 4 is 45.9 Å². The van der Waals surface area contributed by atoms with Crippen molar-refractivity contribution in [1.82, 2.24) is 15.5 Å². The molecule has 0 spiro atoms. The number of nitrogens with one attached hydrogen (secondary N) is 2. The molecule has 1 aromatic carbocycles. The van der Waals surface area contributed by atoms with Crippen molar-refractivity contribution in [2.24, 2.45) is 10.1 Å². The van der Waals surface area contributed by atoms with Gasteiger partial charge in [-0.3, -0.25) is 4.79 Å². The first kappa shape index (κ1) is 27.6. The first-order chi connectivity index (χ1) is 14.3. The van der Waals surface area contributed by atoms with Gasteiger partial charge in [-0.15, -0.1) is 24.0 Å². The van der Waals surface area contributed by atoms with E-state index in [0.29, 0.717) is 25.2 Å². The van der Waals surface area contributed by atoms with Crippen LogP contribution in [0.1, 0.15) is 37.7 Å². The van der Waals surface area contributed by atoms with Crippen LogP contribution in [0.2, 0.25) is 0 Å². The molecule has 1 unspecified atom stereocenters. The first-order valence-electron chi connectivity index (χ1n) is 10.2. The van der Waals surface area contributed by atoms with Crippen LogP contribution in [0.5, 0.6) is 0 Å². The van der Waals surface area contributed by atoms with Crippen molar-refractivity contribution in [1.29, 1.82) is 0 Å². The summed E-state index contributed by atoms with van der Waals surface area (Å²) in [6.07, 6.45) is 5.76. The Balaban J connectivity index is 0.00000480. The van der Waals surface area contributed by atoms with E-state index in [0.717, 1.165) is 37.9 Å². The first-order valence-corrected chi connectivity index (χ1v) is 11.8. The molecule has 1 atom stereocenters. The van der Waals surface area contributed by atoms with Crippen LogP contribution in [-0.4, -0.2) is 65.1 Å². The van der Waals surface area contributed by atoms with Gasteiger partial charge in [-0.05, 0) is 49.8 Å². The zero-order valence-electron chi connectivity index (χ0n) is 18.2. The maximum atomic E-state index is 11.9. The minimum atomic E-state index is -3.71. The van der Waals surface area contributed by atoms with Crippen LogP contribution in [-0.2, 0) is 26.1 Å². The Hall–Kier alpha value is -1.44. The third-order valence-corrected chi connectivity index (χ3v) is 5.78. The highest BCUT2D eigenvalue weighted by atomic mass is 127. The number of guanidine groups is 1. The highest BCUT2D eigenvalue weighted by Crippen LogP contribution is 2.16. The average molecular weight is 567 g/mol. The number of carbonyl (C=O) groups is 1. The molecular weight excluding hydrogens is 533 g/mol. The van der Waals surface area contributed by atoms with Crippen molar-refractivity contribution in [3.05, 3.63) is 29.8 Å². The maximum absolute atomic E-state index is 11.9. The fraction of sp³-hybridized carbons (Fsp3) is 0.600. The van der Waals surface area contributed by atoms with Crippen LogP contribution in [0, 0.1) is 0 Å². The predicted molar refractivity (Wildman–Crippen MR) is 132 cm³/mol. The zero-order valence-corrected chi connectivity index (χ0v) is 21.3. The monoisotopic (exact) mass is 567 g/mol. The van der Waals surface area contributed by atoms with Crippen LogP contribution in [0.4, 0.5) is 0 Å². The second kappa shape index (κ2) is 13.9. The highest BCUT2D eigenvalue weighted by molar-refractivity contribution is 14.0. The van der Waals surface area contributed by atoms with E-state index in [4.69, 9.17) is 9.88 Å². The summed E-state index contributed by atoms with van der Waals surface area (Å²) in [5.74, 6) is 0.475. The Kier molecular flexibility index (Phi) is 12.3. The number of sulfonamides is 1. The van der Waals surface area contributed by atoms with Gasteiger partial charge in [-0.25, -0.2) is 18.5 Å². The lowest BCUT2D eigenvalue weighted by Crippen LogP contribution is -2.43. The van der Waals surface area contributed by atoms with Gasteiger partial charge in [0.25, 0.3) is 0 Å². The minimum absolute atomic E-state index is 0. The summed E-state index contributed by atoms with van der Waals surface area (Å²) < 4.78 is 28.5. The number of carbonyl (C=O) groups excluding carboxylic acids is 1. The maximum Gasteiger partial charge on any atom is 0.241 e. The van der Waals surface area contributed by atoms with E-state index in [2.05, 4.69) is 15.6 Å². The number of halogens is 1. The molecule has 31 heavy (non-hydrogen) atoms. The van der Waals surface area contributed by atoms with Gasteiger partial charge in [0.2, 0.25) is 15.9 Å². The number of amides is 1. The average Bonchev–Trinajstić information content (AvgIpc) is 2.72. The van der Waals surface area contributed by atoms with Gasteiger partial charge < -0.3 is 20.3 Å². The van der Waals surface area contributed by atoms with Crippen molar-refractivity contribution in [2.75, 3.05) is 33.8 Å². The number of hydrogen-bond acceptors (Lipinski definition) is 5. The van der Waals surface area contributed by atoms with Gasteiger partial charge in [0.05, 0.1) is 24.1 Å². The molecule has 0 aliphatic carbocycles. The predicted octanol–water partition coefficient (Wildman–Crippen LogP) is 1.42. The lowest BCUT2D eigenvalue weighted by atomic mass is 10.0. The molecule has 176 valence electrons. The third kappa shape index (κ3) is 10.6. The Bertz CT molecular complexity index is 809. The molecule has 1 aromatic rings. The summed E-state index contributed by atoms with van der Waals surface area (Å²) in [5, 5.41) is 11.4. The van der Waals surface area contributed by atoms with Crippen molar-refractivity contribution in [2.45, 2.75) is 49.6 Å². The van der Waals surface area contributed by atoms with Gasteiger partial charge >= 0.3 is 0 Å². The molecule has 0 bridgehead atoms. The largest absolute Gasteiger partial charge is 0.378 e.